The molecular weight excluding hydrogens is 487 g/mol. The maximum atomic E-state index is 6.36. The third-order valence-electron chi connectivity index (χ3n) is 8.53. The van der Waals surface area contributed by atoms with Crippen LogP contribution in [0.2, 0.25) is 0 Å². The molecule has 3 heteroatoms. The van der Waals surface area contributed by atoms with Gasteiger partial charge in [-0.25, -0.2) is 0 Å². The summed E-state index contributed by atoms with van der Waals surface area (Å²) in [6.45, 7) is 8.14. The Morgan fingerprint density at radius 1 is 0.550 bits per heavy atom. The SMILES string of the molecule is C=C1OB(c2ccc3c4c(cccc24)-c2c-3c(-c3ccccc3)c3ccccc3c2-c2ccccc2)OC1(C)C. The Balaban J connectivity index is 1.52. The molecule has 1 fully saturated rings. The zero-order valence-electron chi connectivity index (χ0n) is 22.6. The van der Waals surface area contributed by atoms with Crippen molar-refractivity contribution in [3.63, 3.8) is 0 Å². The van der Waals surface area contributed by atoms with Gasteiger partial charge >= 0.3 is 7.12 Å². The lowest BCUT2D eigenvalue weighted by Crippen LogP contribution is -2.35. The first-order valence-corrected chi connectivity index (χ1v) is 13.8. The Bertz CT molecular complexity index is 1900. The van der Waals surface area contributed by atoms with Crippen LogP contribution in [-0.4, -0.2) is 12.7 Å². The molecular formula is C37H27BO2. The maximum Gasteiger partial charge on any atom is 0.563 e. The predicted octanol–water partition coefficient (Wildman–Crippen LogP) is 9.01. The van der Waals surface area contributed by atoms with Crippen LogP contribution in [-0.2, 0) is 9.31 Å². The quantitative estimate of drug-likeness (QED) is 0.219. The lowest BCUT2D eigenvalue weighted by atomic mass is 9.75. The normalized spacial score (nSPS) is 15.1. The molecule has 0 saturated carbocycles. The Kier molecular flexibility index (Phi) is 4.92. The van der Waals surface area contributed by atoms with Crippen LogP contribution in [0, 0.1) is 0 Å². The van der Waals surface area contributed by atoms with Crippen molar-refractivity contribution in [2.75, 3.05) is 0 Å². The fraction of sp³-hybridized carbons (Fsp3) is 0.0811. The van der Waals surface area contributed by atoms with Crippen LogP contribution in [0.4, 0.5) is 0 Å². The van der Waals surface area contributed by atoms with Gasteiger partial charge in [0.1, 0.15) is 5.60 Å². The highest BCUT2D eigenvalue weighted by atomic mass is 16.7. The molecule has 0 bridgehead atoms. The molecule has 8 rings (SSSR count). The van der Waals surface area contributed by atoms with E-state index < -0.39 is 12.7 Å². The molecule has 2 aliphatic rings. The van der Waals surface area contributed by atoms with Gasteiger partial charge in [-0.2, -0.15) is 0 Å². The van der Waals surface area contributed by atoms with E-state index in [4.69, 9.17) is 9.31 Å². The topological polar surface area (TPSA) is 18.5 Å². The minimum atomic E-state index is -0.533. The summed E-state index contributed by atoms with van der Waals surface area (Å²) in [5.74, 6) is 0.660. The first-order valence-electron chi connectivity index (χ1n) is 13.8. The third kappa shape index (κ3) is 3.22. The number of rotatable bonds is 3. The molecule has 1 aliphatic heterocycles. The van der Waals surface area contributed by atoms with Crippen molar-refractivity contribution < 1.29 is 9.31 Å². The minimum Gasteiger partial charge on any atom is -0.534 e. The van der Waals surface area contributed by atoms with E-state index in [-0.39, 0.29) is 0 Å². The number of hydrogen-bond acceptors (Lipinski definition) is 2. The van der Waals surface area contributed by atoms with E-state index in [0.29, 0.717) is 5.76 Å². The first kappa shape index (κ1) is 23.3. The fourth-order valence-electron chi connectivity index (χ4n) is 6.59. The summed E-state index contributed by atoms with van der Waals surface area (Å²) >= 11 is 0. The van der Waals surface area contributed by atoms with Gasteiger partial charge in [0.2, 0.25) is 0 Å². The van der Waals surface area contributed by atoms with E-state index in [1.807, 2.05) is 13.8 Å². The third-order valence-corrected chi connectivity index (χ3v) is 8.53. The van der Waals surface area contributed by atoms with Crippen LogP contribution in [0.1, 0.15) is 13.8 Å². The number of hydrogen-bond donors (Lipinski definition) is 0. The van der Waals surface area contributed by atoms with E-state index in [1.54, 1.807) is 0 Å². The van der Waals surface area contributed by atoms with Crippen molar-refractivity contribution in [2.45, 2.75) is 19.4 Å². The Hall–Kier alpha value is -4.60. The van der Waals surface area contributed by atoms with Gasteiger partial charge in [-0.1, -0.05) is 122 Å². The summed E-state index contributed by atoms with van der Waals surface area (Å²) in [5, 5.41) is 4.93. The largest absolute Gasteiger partial charge is 0.563 e. The second-order valence-electron chi connectivity index (χ2n) is 11.2. The van der Waals surface area contributed by atoms with Crippen molar-refractivity contribution in [1.82, 2.24) is 0 Å². The monoisotopic (exact) mass is 514 g/mol. The molecule has 0 unspecified atom stereocenters. The van der Waals surface area contributed by atoms with E-state index in [2.05, 4.69) is 122 Å². The average molecular weight is 514 g/mol. The fourth-order valence-corrected chi connectivity index (χ4v) is 6.59. The summed E-state index contributed by atoms with van der Waals surface area (Å²) in [6, 6.07) is 41.6. The summed E-state index contributed by atoms with van der Waals surface area (Å²) in [7, 11) is -0.489. The molecule has 1 heterocycles. The van der Waals surface area contributed by atoms with Crippen LogP contribution in [0.25, 0.3) is 66.1 Å². The molecule has 0 amide bonds. The second kappa shape index (κ2) is 8.45. The second-order valence-corrected chi connectivity index (χ2v) is 11.2. The van der Waals surface area contributed by atoms with Crippen molar-refractivity contribution in [3.8, 4) is 44.5 Å². The highest BCUT2D eigenvalue weighted by Gasteiger charge is 2.44. The molecule has 0 spiro atoms. The molecule has 0 aromatic heterocycles. The molecule has 0 radical (unpaired) electrons. The highest BCUT2D eigenvalue weighted by molar-refractivity contribution is 6.65. The summed E-state index contributed by atoms with van der Waals surface area (Å²) in [5.41, 5.74) is 10.6. The van der Waals surface area contributed by atoms with Gasteiger partial charge in [-0.05, 0) is 79.9 Å². The van der Waals surface area contributed by atoms with Crippen LogP contribution in [0.3, 0.4) is 0 Å². The number of benzene rings is 6. The standard InChI is InChI=1S/C37H27BO2/c1-23-37(2,3)40-38(39-23)31-22-21-30-34-28(31)19-12-20-29(34)35-32(24-13-6-4-7-14-24)26-17-10-11-18-27(26)33(36(30)35)25-15-8-5-9-16-25/h4-22H,1H2,2-3H3. The van der Waals surface area contributed by atoms with Crippen LogP contribution < -0.4 is 5.46 Å². The van der Waals surface area contributed by atoms with Gasteiger partial charge in [-0.3, -0.25) is 0 Å². The molecule has 0 atom stereocenters. The van der Waals surface area contributed by atoms with Gasteiger partial charge in [-0.15, -0.1) is 0 Å². The van der Waals surface area contributed by atoms with Gasteiger partial charge in [0.15, 0.2) is 0 Å². The number of fused-ring (bicyclic) bond motifs is 4. The Morgan fingerprint density at radius 3 is 1.62 bits per heavy atom. The molecule has 1 saturated heterocycles. The van der Waals surface area contributed by atoms with Crippen LogP contribution in [0.15, 0.2) is 128 Å². The van der Waals surface area contributed by atoms with Crippen molar-refractivity contribution in [2.24, 2.45) is 0 Å². The van der Waals surface area contributed by atoms with Crippen molar-refractivity contribution >= 4 is 34.1 Å². The molecule has 6 aromatic rings. The zero-order valence-corrected chi connectivity index (χ0v) is 22.6. The lowest BCUT2D eigenvalue weighted by Gasteiger charge is -2.20. The lowest BCUT2D eigenvalue weighted by molar-refractivity contribution is 0.173. The van der Waals surface area contributed by atoms with E-state index in [1.165, 1.54) is 60.7 Å². The van der Waals surface area contributed by atoms with Crippen molar-refractivity contribution in [3.05, 3.63) is 128 Å². The smallest absolute Gasteiger partial charge is 0.534 e. The molecule has 1 aliphatic carbocycles. The summed E-state index contributed by atoms with van der Waals surface area (Å²) in [4.78, 5) is 0. The summed E-state index contributed by atoms with van der Waals surface area (Å²) in [6.07, 6.45) is 0. The minimum absolute atomic E-state index is 0.489. The van der Waals surface area contributed by atoms with Crippen LogP contribution >= 0.6 is 0 Å². The van der Waals surface area contributed by atoms with E-state index >= 15 is 0 Å². The first-order chi connectivity index (χ1) is 19.5. The Morgan fingerprint density at radius 2 is 1.07 bits per heavy atom. The zero-order chi connectivity index (χ0) is 27.0. The van der Waals surface area contributed by atoms with Gasteiger partial charge < -0.3 is 9.31 Å². The average Bonchev–Trinajstić information content (AvgIpc) is 3.46. The molecule has 40 heavy (non-hydrogen) atoms. The van der Waals surface area contributed by atoms with Gasteiger partial charge in [0, 0.05) is 5.46 Å². The van der Waals surface area contributed by atoms with Crippen LogP contribution in [0.5, 0.6) is 0 Å². The predicted molar refractivity (Wildman–Crippen MR) is 168 cm³/mol. The molecule has 2 nitrogen and oxygen atoms in total. The molecule has 6 aromatic carbocycles. The highest BCUT2D eigenvalue weighted by Crippen LogP contribution is 2.57. The maximum absolute atomic E-state index is 6.36. The van der Waals surface area contributed by atoms with Gasteiger partial charge in [0.25, 0.3) is 0 Å². The van der Waals surface area contributed by atoms with E-state index in [9.17, 15) is 0 Å². The Labute approximate surface area is 234 Å². The van der Waals surface area contributed by atoms with E-state index in [0.717, 1.165) is 10.8 Å². The van der Waals surface area contributed by atoms with Gasteiger partial charge in [0.05, 0.1) is 5.76 Å². The van der Waals surface area contributed by atoms with Crippen molar-refractivity contribution in [1.29, 1.82) is 0 Å². The summed E-state index contributed by atoms with van der Waals surface area (Å²) < 4.78 is 12.5. The molecule has 190 valence electrons. The molecule has 0 N–H and O–H groups in total.